The molecule has 1 saturated heterocycles. The van der Waals surface area contributed by atoms with Crippen molar-refractivity contribution in [2.75, 3.05) is 20.1 Å². The Labute approximate surface area is 121 Å². The normalized spacial score (nSPS) is 25.2. The van der Waals surface area contributed by atoms with Gasteiger partial charge in [0.25, 0.3) is 0 Å². The number of hydrogen-bond donors (Lipinski definition) is 0. The lowest BCUT2D eigenvalue weighted by molar-refractivity contribution is 0.227. The first-order chi connectivity index (χ1) is 9.83. The lowest BCUT2D eigenvalue weighted by Gasteiger charge is -2.37. The number of piperidine rings is 1. The average molecular weight is 263 g/mol. The lowest BCUT2D eigenvalue weighted by atomic mass is 9.77. The summed E-state index contributed by atoms with van der Waals surface area (Å²) in [5.74, 6) is 1.36. The van der Waals surface area contributed by atoms with Gasteiger partial charge < -0.3 is 4.90 Å². The third-order valence-corrected chi connectivity index (χ3v) is 5.11. The van der Waals surface area contributed by atoms with Crippen molar-refractivity contribution in [2.45, 2.75) is 24.7 Å². The minimum Gasteiger partial charge on any atom is -0.306 e. The molecular formula is C19H21N. The Kier molecular flexibility index (Phi) is 2.89. The highest BCUT2D eigenvalue weighted by Crippen LogP contribution is 2.44. The lowest BCUT2D eigenvalue weighted by Crippen LogP contribution is -2.35. The minimum atomic E-state index is 0.661. The Bertz CT molecular complexity index is 631. The van der Waals surface area contributed by atoms with E-state index in [2.05, 4.69) is 60.5 Å². The average Bonchev–Trinajstić information content (AvgIpc) is 2.61. The molecule has 0 saturated carbocycles. The van der Waals surface area contributed by atoms with Crippen molar-refractivity contribution in [3.05, 3.63) is 70.8 Å². The minimum absolute atomic E-state index is 0.661. The van der Waals surface area contributed by atoms with Crippen molar-refractivity contribution in [1.29, 1.82) is 0 Å². The van der Waals surface area contributed by atoms with E-state index in [0.717, 1.165) is 6.42 Å². The van der Waals surface area contributed by atoms with Gasteiger partial charge in [0.1, 0.15) is 0 Å². The van der Waals surface area contributed by atoms with Crippen LogP contribution in [0.4, 0.5) is 0 Å². The van der Waals surface area contributed by atoms with Gasteiger partial charge in [-0.15, -0.1) is 0 Å². The van der Waals surface area contributed by atoms with Gasteiger partial charge in [-0.05, 0) is 54.6 Å². The van der Waals surface area contributed by atoms with Crippen molar-refractivity contribution in [3.8, 4) is 0 Å². The zero-order valence-electron chi connectivity index (χ0n) is 12.0. The van der Waals surface area contributed by atoms with Crippen molar-refractivity contribution < 1.29 is 0 Å². The van der Waals surface area contributed by atoms with E-state index in [9.17, 15) is 0 Å². The summed E-state index contributed by atoms with van der Waals surface area (Å²) in [5.41, 5.74) is 6.25. The summed E-state index contributed by atoms with van der Waals surface area (Å²) < 4.78 is 0. The fourth-order valence-electron chi connectivity index (χ4n) is 4.12. The van der Waals surface area contributed by atoms with E-state index in [1.54, 1.807) is 11.1 Å². The van der Waals surface area contributed by atoms with Crippen LogP contribution in [0.5, 0.6) is 0 Å². The molecule has 0 bridgehead atoms. The molecule has 2 aromatic rings. The maximum atomic E-state index is 2.49. The largest absolute Gasteiger partial charge is 0.306 e. The highest BCUT2D eigenvalue weighted by Gasteiger charge is 2.34. The fraction of sp³-hybridized carbons (Fsp3) is 0.368. The number of nitrogens with zero attached hydrogens (tertiary/aromatic N) is 1. The number of rotatable bonds is 0. The van der Waals surface area contributed by atoms with Crippen LogP contribution in [0.1, 0.15) is 40.5 Å². The first-order valence-corrected chi connectivity index (χ1v) is 7.67. The third-order valence-electron chi connectivity index (χ3n) is 5.11. The predicted molar refractivity (Wildman–Crippen MR) is 83.3 cm³/mol. The number of hydrogen-bond acceptors (Lipinski definition) is 1. The zero-order chi connectivity index (χ0) is 13.5. The van der Waals surface area contributed by atoms with Gasteiger partial charge in [0.15, 0.2) is 0 Å². The monoisotopic (exact) mass is 263 g/mol. The van der Waals surface area contributed by atoms with E-state index in [-0.39, 0.29) is 0 Å². The summed E-state index contributed by atoms with van der Waals surface area (Å²) in [7, 11) is 2.26. The van der Waals surface area contributed by atoms with Gasteiger partial charge in [-0.2, -0.15) is 0 Å². The standard InChI is InChI=1S/C19H21N/c1-20-11-10-18-16-8-4-2-6-14(16)12-15-7-3-5-9-17(15)19(18)13-20/h2-9,18-19H,10-13H2,1H3/t18-,19+/m1/s1. The van der Waals surface area contributed by atoms with Crippen molar-refractivity contribution in [1.82, 2.24) is 4.90 Å². The van der Waals surface area contributed by atoms with Crippen LogP contribution in [0.3, 0.4) is 0 Å². The second-order valence-electron chi connectivity index (χ2n) is 6.34. The molecule has 1 aliphatic heterocycles. The van der Waals surface area contributed by atoms with E-state index < -0.39 is 0 Å². The smallest absolute Gasteiger partial charge is 0.00532 e. The van der Waals surface area contributed by atoms with Crippen LogP contribution in [0.2, 0.25) is 0 Å². The molecule has 1 heteroatoms. The van der Waals surface area contributed by atoms with Crippen LogP contribution in [0, 0.1) is 0 Å². The van der Waals surface area contributed by atoms with Gasteiger partial charge in [-0.3, -0.25) is 0 Å². The summed E-state index contributed by atoms with van der Waals surface area (Å²) in [4.78, 5) is 2.49. The number of likely N-dealkylation sites (N-methyl/N-ethyl adjacent to an activating group) is 1. The molecule has 1 nitrogen and oxygen atoms in total. The Morgan fingerprint density at radius 3 is 2.15 bits per heavy atom. The van der Waals surface area contributed by atoms with E-state index in [1.807, 2.05) is 0 Å². The maximum absolute atomic E-state index is 2.49. The van der Waals surface area contributed by atoms with Gasteiger partial charge in [0.2, 0.25) is 0 Å². The SMILES string of the molecule is CN1CC[C@@H]2c3ccccc3Cc3ccccc3[C@@H]2C1. The van der Waals surface area contributed by atoms with E-state index in [1.165, 1.54) is 30.6 Å². The Hall–Kier alpha value is -1.60. The fourth-order valence-corrected chi connectivity index (χ4v) is 4.12. The van der Waals surface area contributed by atoms with E-state index >= 15 is 0 Å². The quantitative estimate of drug-likeness (QED) is 0.699. The van der Waals surface area contributed by atoms with Gasteiger partial charge in [0, 0.05) is 12.5 Å². The molecule has 1 heterocycles. The third kappa shape index (κ3) is 1.89. The summed E-state index contributed by atoms with van der Waals surface area (Å²) in [6.07, 6.45) is 2.38. The first-order valence-electron chi connectivity index (χ1n) is 7.67. The van der Waals surface area contributed by atoms with Gasteiger partial charge in [-0.1, -0.05) is 48.5 Å². The second kappa shape index (κ2) is 4.75. The highest BCUT2D eigenvalue weighted by atomic mass is 15.1. The first kappa shape index (κ1) is 12.2. The van der Waals surface area contributed by atoms with E-state index in [4.69, 9.17) is 0 Å². The summed E-state index contributed by atoms with van der Waals surface area (Å²) in [6, 6.07) is 18.2. The molecule has 0 spiro atoms. The Morgan fingerprint density at radius 1 is 0.850 bits per heavy atom. The topological polar surface area (TPSA) is 3.24 Å². The molecule has 0 unspecified atom stereocenters. The molecule has 0 amide bonds. The maximum Gasteiger partial charge on any atom is 0.00532 e. The Balaban J connectivity index is 1.90. The molecule has 4 rings (SSSR count). The van der Waals surface area contributed by atoms with Gasteiger partial charge >= 0.3 is 0 Å². The zero-order valence-corrected chi connectivity index (χ0v) is 12.0. The molecule has 2 atom stereocenters. The summed E-state index contributed by atoms with van der Waals surface area (Å²) in [6.45, 7) is 2.41. The van der Waals surface area contributed by atoms with Crippen LogP contribution < -0.4 is 0 Å². The van der Waals surface area contributed by atoms with Crippen LogP contribution >= 0.6 is 0 Å². The molecule has 2 aliphatic rings. The summed E-state index contributed by atoms with van der Waals surface area (Å²) in [5, 5.41) is 0. The van der Waals surface area contributed by atoms with Crippen LogP contribution in [0.15, 0.2) is 48.5 Å². The van der Waals surface area contributed by atoms with Crippen molar-refractivity contribution >= 4 is 0 Å². The molecule has 2 aromatic carbocycles. The predicted octanol–water partition coefficient (Wildman–Crippen LogP) is 3.79. The molecule has 1 fully saturated rings. The second-order valence-corrected chi connectivity index (χ2v) is 6.34. The van der Waals surface area contributed by atoms with E-state index in [0.29, 0.717) is 11.8 Å². The number of fused-ring (bicyclic) bond motifs is 5. The number of benzene rings is 2. The van der Waals surface area contributed by atoms with Crippen molar-refractivity contribution in [2.24, 2.45) is 0 Å². The molecule has 20 heavy (non-hydrogen) atoms. The molecule has 102 valence electrons. The molecule has 0 aromatic heterocycles. The van der Waals surface area contributed by atoms with Gasteiger partial charge in [0.05, 0.1) is 0 Å². The summed E-state index contributed by atoms with van der Waals surface area (Å²) >= 11 is 0. The highest BCUT2D eigenvalue weighted by molar-refractivity contribution is 5.45. The van der Waals surface area contributed by atoms with Crippen LogP contribution in [-0.2, 0) is 6.42 Å². The molecule has 0 N–H and O–H groups in total. The molecule has 0 radical (unpaired) electrons. The van der Waals surface area contributed by atoms with Gasteiger partial charge in [-0.25, -0.2) is 0 Å². The van der Waals surface area contributed by atoms with Crippen LogP contribution in [0.25, 0.3) is 0 Å². The molecule has 1 aliphatic carbocycles. The van der Waals surface area contributed by atoms with Crippen molar-refractivity contribution in [3.63, 3.8) is 0 Å². The van der Waals surface area contributed by atoms with Crippen LogP contribution in [-0.4, -0.2) is 25.0 Å². The Morgan fingerprint density at radius 2 is 1.45 bits per heavy atom. The number of likely N-dealkylation sites (tertiary alicyclic amines) is 1. The molecular weight excluding hydrogens is 242 g/mol.